The number of pyridine rings is 1. The Labute approximate surface area is 97.7 Å². The van der Waals surface area contributed by atoms with Crippen molar-refractivity contribution in [1.82, 2.24) is 9.88 Å². The van der Waals surface area contributed by atoms with E-state index in [-0.39, 0.29) is 0 Å². The van der Waals surface area contributed by atoms with Crippen LogP contribution in [0.3, 0.4) is 0 Å². The summed E-state index contributed by atoms with van der Waals surface area (Å²) in [5.74, 6) is 0.664. The van der Waals surface area contributed by atoms with Crippen molar-refractivity contribution in [3.05, 3.63) is 29.6 Å². The molecule has 0 N–H and O–H groups in total. The molecule has 0 aliphatic rings. The Morgan fingerprint density at radius 2 is 2.25 bits per heavy atom. The summed E-state index contributed by atoms with van der Waals surface area (Å²) in [6.07, 6.45) is 1.71. The van der Waals surface area contributed by atoms with Gasteiger partial charge in [0.05, 0.1) is 0 Å². The number of hydrogen-bond acceptors (Lipinski definition) is 3. The van der Waals surface area contributed by atoms with Gasteiger partial charge in [-0.1, -0.05) is 20.8 Å². The Kier molecular flexibility index (Phi) is 4.94. The molecule has 0 fully saturated rings. The smallest absolute Gasteiger partial charge is 0.140 e. The highest BCUT2D eigenvalue weighted by molar-refractivity contribution is 5.25. The molecule has 16 heavy (non-hydrogen) atoms. The minimum Gasteiger partial charge on any atom is -0.299 e. The van der Waals surface area contributed by atoms with E-state index in [1.807, 2.05) is 12.1 Å². The molecule has 86 valence electrons. The molecule has 1 aromatic rings. The lowest BCUT2D eigenvalue weighted by Crippen LogP contribution is -2.27. The number of nitriles is 1. The van der Waals surface area contributed by atoms with E-state index < -0.39 is 0 Å². The van der Waals surface area contributed by atoms with Gasteiger partial charge in [-0.05, 0) is 30.2 Å². The van der Waals surface area contributed by atoms with Crippen LogP contribution in [0.2, 0.25) is 0 Å². The predicted octanol–water partition coefficient (Wildman–Crippen LogP) is 2.43. The van der Waals surface area contributed by atoms with Crippen molar-refractivity contribution in [3.63, 3.8) is 0 Å². The molecule has 0 bridgehead atoms. The lowest BCUT2D eigenvalue weighted by atomic mass is 10.1. The molecule has 1 rings (SSSR count). The van der Waals surface area contributed by atoms with Gasteiger partial charge < -0.3 is 0 Å². The van der Waals surface area contributed by atoms with Gasteiger partial charge in [0.1, 0.15) is 11.8 Å². The lowest BCUT2D eigenvalue weighted by molar-refractivity contribution is 0.248. The molecule has 0 saturated carbocycles. The van der Waals surface area contributed by atoms with Crippen molar-refractivity contribution < 1.29 is 0 Å². The average molecular weight is 217 g/mol. The maximum atomic E-state index is 8.77. The monoisotopic (exact) mass is 217 g/mol. The molecule has 1 heterocycles. The molecule has 1 aromatic heterocycles. The summed E-state index contributed by atoms with van der Waals surface area (Å²) in [5.41, 5.74) is 1.66. The maximum absolute atomic E-state index is 8.77. The van der Waals surface area contributed by atoms with Crippen LogP contribution in [0.25, 0.3) is 0 Å². The van der Waals surface area contributed by atoms with Gasteiger partial charge in [0.2, 0.25) is 0 Å². The largest absolute Gasteiger partial charge is 0.299 e. The molecular formula is C13H19N3. The molecule has 0 unspecified atom stereocenters. The highest BCUT2D eigenvalue weighted by Gasteiger charge is 2.06. The summed E-state index contributed by atoms with van der Waals surface area (Å²) in [5, 5.41) is 8.77. The third-order valence-electron chi connectivity index (χ3n) is 2.42. The summed E-state index contributed by atoms with van der Waals surface area (Å²) >= 11 is 0. The standard InChI is InChI=1S/C13H19N3/c1-4-16(9-11(2)3)10-12-5-6-15-13(7-12)8-14/h5-7,11H,4,9-10H2,1-3H3. The molecule has 3 nitrogen and oxygen atoms in total. The average Bonchev–Trinajstić information content (AvgIpc) is 2.28. The van der Waals surface area contributed by atoms with Crippen LogP contribution in [0.4, 0.5) is 0 Å². The summed E-state index contributed by atoms with van der Waals surface area (Å²) in [7, 11) is 0. The van der Waals surface area contributed by atoms with Gasteiger partial charge in [-0.3, -0.25) is 4.90 Å². The van der Waals surface area contributed by atoms with Gasteiger partial charge in [-0.2, -0.15) is 5.26 Å². The number of rotatable bonds is 5. The van der Waals surface area contributed by atoms with Crippen molar-refractivity contribution in [3.8, 4) is 6.07 Å². The second kappa shape index (κ2) is 6.24. The van der Waals surface area contributed by atoms with Crippen LogP contribution in [0.15, 0.2) is 18.3 Å². The summed E-state index contributed by atoms with van der Waals surface area (Å²) < 4.78 is 0. The molecule has 0 amide bonds. The van der Waals surface area contributed by atoms with Gasteiger partial charge in [-0.15, -0.1) is 0 Å². The fraction of sp³-hybridized carbons (Fsp3) is 0.538. The first kappa shape index (κ1) is 12.7. The molecule has 0 aromatic carbocycles. The van der Waals surface area contributed by atoms with Crippen LogP contribution >= 0.6 is 0 Å². The Morgan fingerprint density at radius 1 is 1.50 bits per heavy atom. The van der Waals surface area contributed by atoms with E-state index in [2.05, 4.69) is 36.7 Å². The molecular weight excluding hydrogens is 198 g/mol. The zero-order valence-electron chi connectivity index (χ0n) is 10.3. The minimum absolute atomic E-state index is 0.498. The first-order valence-corrected chi connectivity index (χ1v) is 5.73. The molecule has 0 saturated heterocycles. The van der Waals surface area contributed by atoms with Crippen LogP contribution in [-0.2, 0) is 6.54 Å². The van der Waals surface area contributed by atoms with Gasteiger partial charge in [-0.25, -0.2) is 4.98 Å². The zero-order valence-corrected chi connectivity index (χ0v) is 10.3. The highest BCUT2D eigenvalue weighted by Crippen LogP contribution is 2.07. The third kappa shape index (κ3) is 4.00. The highest BCUT2D eigenvalue weighted by atomic mass is 15.1. The number of nitrogens with zero attached hydrogens (tertiary/aromatic N) is 3. The molecule has 3 heteroatoms. The molecule has 0 aliphatic carbocycles. The van der Waals surface area contributed by atoms with Gasteiger partial charge in [0.25, 0.3) is 0 Å². The van der Waals surface area contributed by atoms with Crippen molar-refractivity contribution >= 4 is 0 Å². The van der Waals surface area contributed by atoms with E-state index >= 15 is 0 Å². The Hall–Kier alpha value is -1.40. The zero-order chi connectivity index (χ0) is 12.0. The van der Waals surface area contributed by atoms with Crippen LogP contribution in [0.5, 0.6) is 0 Å². The van der Waals surface area contributed by atoms with E-state index in [1.54, 1.807) is 6.20 Å². The quantitative estimate of drug-likeness (QED) is 0.760. The SMILES string of the molecule is CCN(Cc1ccnc(C#N)c1)CC(C)C. The molecule has 0 radical (unpaired) electrons. The normalized spacial score (nSPS) is 10.8. The van der Waals surface area contributed by atoms with Crippen molar-refractivity contribution in [2.45, 2.75) is 27.3 Å². The summed E-state index contributed by atoms with van der Waals surface area (Å²) in [6, 6.07) is 5.91. The second-order valence-electron chi connectivity index (χ2n) is 4.38. The third-order valence-corrected chi connectivity index (χ3v) is 2.42. The Morgan fingerprint density at radius 3 is 2.81 bits per heavy atom. The van der Waals surface area contributed by atoms with Crippen molar-refractivity contribution in [2.75, 3.05) is 13.1 Å². The van der Waals surface area contributed by atoms with Crippen molar-refractivity contribution in [2.24, 2.45) is 5.92 Å². The predicted molar refractivity (Wildman–Crippen MR) is 64.7 cm³/mol. The summed E-state index contributed by atoms with van der Waals surface area (Å²) in [6.45, 7) is 9.61. The van der Waals surface area contributed by atoms with E-state index in [1.165, 1.54) is 0 Å². The Bertz CT molecular complexity index is 366. The molecule has 0 spiro atoms. The topological polar surface area (TPSA) is 39.9 Å². The summed E-state index contributed by atoms with van der Waals surface area (Å²) in [4.78, 5) is 6.35. The van der Waals surface area contributed by atoms with E-state index in [9.17, 15) is 0 Å². The van der Waals surface area contributed by atoms with Gasteiger partial charge >= 0.3 is 0 Å². The van der Waals surface area contributed by atoms with Gasteiger partial charge in [0.15, 0.2) is 0 Å². The van der Waals surface area contributed by atoms with E-state index in [0.717, 1.165) is 25.2 Å². The van der Waals surface area contributed by atoms with Crippen LogP contribution in [0.1, 0.15) is 32.0 Å². The number of hydrogen-bond donors (Lipinski definition) is 0. The first-order chi connectivity index (χ1) is 7.65. The van der Waals surface area contributed by atoms with Crippen LogP contribution < -0.4 is 0 Å². The minimum atomic E-state index is 0.498. The van der Waals surface area contributed by atoms with Crippen LogP contribution in [-0.4, -0.2) is 23.0 Å². The fourth-order valence-electron chi connectivity index (χ4n) is 1.71. The van der Waals surface area contributed by atoms with Crippen LogP contribution in [0, 0.1) is 17.2 Å². The maximum Gasteiger partial charge on any atom is 0.140 e. The van der Waals surface area contributed by atoms with E-state index in [0.29, 0.717) is 11.6 Å². The molecule has 0 aliphatic heterocycles. The number of aromatic nitrogens is 1. The first-order valence-electron chi connectivity index (χ1n) is 5.73. The van der Waals surface area contributed by atoms with Crippen molar-refractivity contribution in [1.29, 1.82) is 5.26 Å². The van der Waals surface area contributed by atoms with E-state index in [4.69, 9.17) is 5.26 Å². The lowest BCUT2D eigenvalue weighted by Gasteiger charge is -2.22. The second-order valence-corrected chi connectivity index (χ2v) is 4.38. The Balaban J connectivity index is 2.67. The van der Waals surface area contributed by atoms with Gasteiger partial charge in [0, 0.05) is 19.3 Å². The fourth-order valence-corrected chi connectivity index (χ4v) is 1.71. The molecule has 0 atom stereocenters.